The van der Waals surface area contributed by atoms with Gasteiger partial charge in [-0.3, -0.25) is 4.72 Å². The van der Waals surface area contributed by atoms with Gasteiger partial charge in [-0.2, -0.15) is 5.10 Å². The number of nitrogens with one attached hydrogen (secondary N) is 1. The minimum absolute atomic E-state index is 0.205. The highest BCUT2D eigenvalue weighted by atomic mass is 32.2. The van der Waals surface area contributed by atoms with Crippen molar-refractivity contribution < 1.29 is 22.3 Å². The molecule has 140 valence electrons. The van der Waals surface area contributed by atoms with Gasteiger partial charge in [0.1, 0.15) is 11.6 Å². The smallest absolute Gasteiger partial charge is 0.340 e. The van der Waals surface area contributed by atoms with Crippen LogP contribution in [0.4, 0.5) is 10.2 Å². The van der Waals surface area contributed by atoms with Crippen LogP contribution in [-0.2, 0) is 14.8 Å². The van der Waals surface area contributed by atoms with Crippen molar-refractivity contribution >= 4 is 21.8 Å². The molecule has 0 aliphatic carbocycles. The number of esters is 1. The van der Waals surface area contributed by atoms with Crippen LogP contribution in [0.5, 0.6) is 0 Å². The van der Waals surface area contributed by atoms with E-state index < -0.39 is 21.8 Å². The molecule has 3 aromatic rings. The lowest BCUT2D eigenvalue weighted by Gasteiger charge is -2.11. The van der Waals surface area contributed by atoms with Gasteiger partial charge in [0.05, 0.1) is 29.0 Å². The number of rotatable bonds is 5. The fraction of sp³-hybridized carbons (Fsp3) is 0.111. The zero-order valence-electron chi connectivity index (χ0n) is 14.5. The Morgan fingerprint density at radius 1 is 1.15 bits per heavy atom. The molecule has 1 heterocycles. The van der Waals surface area contributed by atoms with Gasteiger partial charge in [0.25, 0.3) is 10.0 Å². The van der Waals surface area contributed by atoms with Crippen LogP contribution in [0.15, 0.2) is 59.5 Å². The van der Waals surface area contributed by atoms with Gasteiger partial charge in [-0.05, 0) is 37.3 Å². The number of nitrogens with zero attached hydrogens (tertiary/aromatic N) is 2. The van der Waals surface area contributed by atoms with Crippen LogP contribution >= 0.6 is 0 Å². The number of benzene rings is 2. The largest absolute Gasteiger partial charge is 0.465 e. The molecule has 0 atom stereocenters. The van der Waals surface area contributed by atoms with Crippen molar-refractivity contribution in [3.63, 3.8) is 0 Å². The summed E-state index contributed by atoms with van der Waals surface area (Å²) in [7, 11) is -2.99. The molecular weight excluding hydrogens is 373 g/mol. The summed E-state index contributed by atoms with van der Waals surface area (Å²) in [5, 5.41) is 4.28. The molecule has 0 fully saturated rings. The van der Waals surface area contributed by atoms with Crippen molar-refractivity contribution in [2.24, 2.45) is 0 Å². The maximum absolute atomic E-state index is 14.1. The second kappa shape index (κ2) is 7.20. The predicted molar refractivity (Wildman–Crippen MR) is 96.8 cm³/mol. The maximum atomic E-state index is 14.1. The van der Waals surface area contributed by atoms with Gasteiger partial charge < -0.3 is 4.74 Å². The zero-order valence-corrected chi connectivity index (χ0v) is 15.3. The van der Waals surface area contributed by atoms with Crippen molar-refractivity contribution in [1.29, 1.82) is 0 Å². The summed E-state index contributed by atoms with van der Waals surface area (Å²) >= 11 is 0. The van der Waals surface area contributed by atoms with Gasteiger partial charge in [0, 0.05) is 6.07 Å². The first-order chi connectivity index (χ1) is 12.8. The predicted octanol–water partition coefficient (Wildman–Crippen LogP) is 2.91. The van der Waals surface area contributed by atoms with Crippen LogP contribution in [0.3, 0.4) is 0 Å². The van der Waals surface area contributed by atoms with Crippen LogP contribution in [0.2, 0.25) is 0 Å². The Bertz CT molecular complexity index is 1100. The van der Waals surface area contributed by atoms with E-state index in [4.69, 9.17) is 0 Å². The van der Waals surface area contributed by atoms with Crippen molar-refractivity contribution in [3.8, 4) is 5.69 Å². The normalized spacial score (nSPS) is 11.2. The van der Waals surface area contributed by atoms with Gasteiger partial charge >= 0.3 is 5.97 Å². The number of methoxy groups -OCH3 is 1. The molecule has 9 heteroatoms. The highest BCUT2D eigenvalue weighted by molar-refractivity contribution is 7.92. The topological polar surface area (TPSA) is 90.3 Å². The van der Waals surface area contributed by atoms with Gasteiger partial charge in [-0.1, -0.05) is 18.2 Å². The third-order valence-electron chi connectivity index (χ3n) is 3.73. The summed E-state index contributed by atoms with van der Waals surface area (Å²) in [5.41, 5.74) is 0.918. The van der Waals surface area contributed by atoms with Crippen LogP contribution in [0.1, 0.15) is 16.1 Å². The average molecular weight is 389 g/mol. The first kappa shape index (κ1) is 18.6. The highest BCUT2D eigenvalue weighted by Gasteiger charge is 2.21. The molecule has 0 saturated heterocycles. The number of hydrogen-bond donors (Lipinski definition) is 1. The van der Waals surface area contributed by atoms with E-state index in [1.165, 1.54) is 4.68 Å². The van der Waals surface area contributed by atoms with E-state index in [2.05, 4.69) is 14.6 Å². The number of hydrogen-bond acceptors (Lipinski definition) is 5. The lowest BCUT2D eigenvalue weighted by molar-refractivity contribution is 0.0595. The molecule has 0 aliphatic heterocycles. The number of carbonyl (C=O) groups excluding carboxylic acids is 1. The molecule has 0 spiro atoms. The number of para-hydroxylation sites is 1. The molecular formula is C18H16FN3O4S. The first-order valence-corrected chi connectivity index (χ1v) is 9.33. The molecule has 7 nitrogen and oxygen atoms in total. The standard InChI is InChI=1S/C18H16FN3O4S/c1-12-10-17(22(20-12)13-6-4-3-5-7-13)21-27(24,25)14-8-9-15(16(19)11-14)18(23)26-2/h3-11,21H,1-2H3. The molecule has 27 heavy (non-hydrogen) atoms. The number of aromatic nitrogens is 2. The summed E-state index contributed by atoms with van der Waals surface area (Å²) in [5.74, 6) is -1.67. The summed E-state index contributed by atoms with van der Waals surface area (Å²) in [4.78, 5) is 11.1. The Morgan fingerprint density at radius 2 is 1.85 bits per heavy atom. The SMILES string of the molecule is COC(=O)c1ccc(S(=O)(=O)Nc2cc(C)nn2-c2ccccc2)cc1F. The van der Waals surface area contributed by atoms with E-state index in [0.29, 0.717) is 11.4 Å². The fourth-order valence-corrected chi connectivity index (χ4v) is 3.52. The average Bonchev–Trinajstić information content (AvgIpc) is 3.01. The maximum Gasteiger partial charge on any atom is 0.340 e. The van der Waals surface area contributed by atoms with E-state index in [9.17, 15) is 17.6 Å². The monoisotopic (exact) mass is 389 g/mol. The van der Waals surface area contributed by atoms with Crippen molar-refractivity contribution in [3.05, 3.63) is 71.7 Å². The van der Waals surface area contributed by atoms with Gasteiger partial charge in [0.2, 0.25) is 0 Å². The molecule has 1 aromatic heterocycles. The highest BCUT2D eigenvalue weighted by Crippen LogP contribution is 2.22. The second-order valence-corrected chi connectivity index (χ2v) is 7.34. The minimum Gasteiger partial charge on any atom is -0.465 e. The number of aryl methyl sites for hydroxylation is 1. The van der Waals surface area contributed by atoms with Crippen LogP contribution in [0, 0.1) is 12.7 Å². The molecule has 2 aromatic carbocycles. The number of sulfonamides is 1. The lowest BCUT2D eigenvalue weighted by Crippen LogP contribution is -2.16. The van der Waals surface area contributed by atoms with Crippen LogP contribution in [0.25, 0.3) is 5.69 Å². The number of ether oxygens (including phenoxy) is 1. The lowest BCUT2D eigenvalue weighted by atomic mass is 10.2. The summed E-state index contributed by atoms with van der Waals surface area (Å²) in [6.45, 7) is 1.72. The Kier molecular flexibility index (Phi) is 4.95. The van der Waals surface area contributed by atoms with E-state index in [-0.39, 0.29) is 16.3 Å². The summed E-state index contributed by atoms with van der Waals surface area (Å²) < 4.78 is 47.7. The van der Waals surface area contributed by atoms with E-state index >= 15 is 0 Å². The van der Waals surface area contributed by atoms with Gasteiger partial charge in [-0.15, -0.1) is 0 Å². The zero-order chi connectivity index (χ0) is 19.6. The first-order valence-electron chi connectivity index (χ1n) is 7.84. The fourth-order valence-electron chi connectivity index (χ4n) is 2.47. The molecule has 0 radical (unpaired) electrons. The van der Waals surface area contributed by atoms with Crippen molar-refractivity contribution in [2.75, 3.05) is 11.8 Å². The number of halogens is 1. The summed E-state index contributed by atoms with van der Waals surface area (Å²) in [6.07, 6.45) is 0. The van der Waals surface area contributed by atoms with Crippen molar-refractivity contribution in [1.82, 2.24) is 9.78 Å². The van der Waals surface area contributed by atoms with Crippen LogP contribution in [-0.4, -0.2) is 31.3 Å². The van der Waals surface area contributed by atoms with E-state index in [0.717, 1.165) is 25.3 Å². The van der Waals surface area contributed by atoms with E-state index in [1.807, 2.05) is 6.07 Å². The number of carbonyl (C=O) groups is 1. The van der Waals surface area contributed by atoms with Gasteiger partial charge in [-0.25, -0.2) is 22.3 Å². The summed E-state index contributed by atoms with van der Waals surface area (Å²) in [6, 6.07) is 13.5. The third-order valence-corrected chi connectivity index (χ3v) is 5.08. The van der Waals surface area contributed by atoms with Crippen molar-refractivity contribution in [2.45, 2.75) is 11.8 Å². The van der Waals surface area contributed by atoms with E-state index in [1.54, 1.807) is 37.3 Å². The second-order valence-electron chi connectivity index (χ2n) is 5.66. The van der Waals surface area contributed by atoms with Crippen LogP contribution < -0.4 is 4.72 Å². The Labute approximate surface area is 155 Å². The molecule has 0 bridgehead atoms. The molecule has 0 saturated carbocycles. The Balaban J connectivity index is 1.97. The quantitative estimate of drug-likeness (QED) is 0.678. The third kappa shape index (κ3) is 3.82. The molecule has 0 unspecified atom stereocenters. The minimum atomic E-state index is -4.11. The molecule has 0 amide bonds. The number of anilines is 1. The molecule has 3 rings (SSSR count). The Morgan fingerprint density at radius 3 is 2.48 bits per heavy atom. The molecule has 1 N–H and O–H groups in total. The Hall–Kier alpha value is -3.20. The molecule has 0 aliphatic rings. The van der Waals surface area contributed by atoms with Gasteiger partial charge in [0.15, 0.2) is 0 Å².